The molecular formula is C9H18N4O. The minimum Gasteiger partial charge on any atom is -0.396 e. The van der Waals surface area contributed by atoms with Crippen LogP contribution in [0.1, 0.15) is 37.9 Å². The van der Waals surface area contributed by atoms with Gasteiger partial charge in [-0.3, -0.25) is 4.68 Å². The van der Waals surface area contributed by atoms with E-state index in [4.69, 9.17) is 10.8 Å². The monoisotopic (exact) mass is 198 g/mol. The number of unbranched alkanes of at least 4 members (excludes halogenated alkanes) is 1. The van der Waals surface area contributed by atoms with Crippen molar-refractivity contribution in [3.63, 3.8) is 0 Å². The number of aliphatic hydroxyl groups is 1. The number of nitrogens with zero attached hydrogens (tertiary/aromatic N) is 3. The van der Waals surface area contributed by atoms with Crippen molar-refractivity contribution in [1.82, 2.24) is 15.0 Å². The van der Waals surface area contributed by atoms with Crippen LogP contribution in [0.25, 0.3) is 0 Å². The summed E-state index contributed by atoms with van der Waals surface area (Å²) >= 11 is 0. The summed E-state index contributed by atoms with van der Waals surface area (Å²) in [7, 11) is 0. The zero-order valence-corrected chi connectivity index (χ0v) is 8.56. The number of aliphatic hydroxyl groups excluding tert-OH is 1. The number of hydrogen-bond acceptors (Lipinski definition) is 4. The number of hydrogen-bond donors (Lipinski definition) is 2. The first-order valence-corrected chi connectivity index (χ1v) is 5.04. The molecule has 0 aliphatic heterocycles. The van der Waals surface area contributed by atoms with E-state index in [2.05, 4.69) is 10.3 Å². The molecule has 0 saturated heterocycles. The Morgan fingerprint density at radius 1 is 1.57 bits per heavy atom. The average Bonchev–Trinajstić information content (AvgIpc) is 2.66. The SMILES string of the molecule is CCC(N)c1cn(CCCCO)nn1. The molecule has 0 saturated carbocycles. The van der Waals surface area contributed by atoms with E-state index in [1.54, 1.807) is 4.68 Å². The fraction of sp³-hybridized carbons (Fsp3) is 0.778. The molecule has 1 aromatic heterocycles. The van der Waals surface area contributed by atoms with Gasteiger partial charge in [0, 0.05) is 13.2 Å². The third-order valence-corrected chi connectivity index (χ3v) is 2.17. The highest BCUT2D eigenvalue weighted by Crippen LogP contribution is 2.09. The van der Waals surface area contributed by atoms with Crippen molar-refractivity contribution in [2.75, 3.05) is 6.61 Å². The lowest BCUT2D eigenvalue weighted by molar-refractivity contribution is 0.280. The van der Waals surface area contributed by atoms with E-state index in [9.17, 15) is 0 Å². The van der Waals surface area contributed by atoms with Gasteiger partial charge in [0.05, 0.1) is 17.9 Å². The van der Waals surface area contributed by atoms with E-state index in [0.29, 0.717) is 0 Å². The Labute approximate surface area is 83.9 Å². The summed E-state index contributed by atoms with van der Waals surface area (Å²) < 4.78 is 1.78. The average molecular weight is 198 g/mol. The van der Waals surface area contributed by atoms with Crippen LogP contribution < -0.4 is 5.73 Å². The van der Waals surface area contributed by atoms with E-state index in [1.807, 2.05) is 13.1 Å². The topological polar surface area (TPSA) is 77.0 Å². The van der Waals surface area contributed by atoms with Gasteiger partial charge in [0.1, 0.15) is 0 Å². The normalized spacial score (nSPS) is 13.1. The highest BCUT2D eigenvalue weighted by atomic mass is 16.2. The van der Waals surface area contributed by atoms with Crippen LogP contribution in [0.15, 0.2) is 6.20 Å². The van der Waals surface area contributed by atoms with Crippen molar-refractivity contribution in [3.05, 3.63) is 11.9 Å². The van der Waals surface area contributed by atoms with Crippen molar-refractivity contribution < 1.29 is 5.11 Å². The van der Waals surface area contributed by atoms with Crippen LogP contribution in [0.5, 0.6) is 0 Å². The van der Waals surface area contributed by atoms with E-state index in [-0.39, 0.29) is 12.6 Å². The molecule has 0 bridgehead atoms. The second-order valence-corrected chi connectivity index (χ2v) is 3.35. The molecule has 1 aromatic rings. The molecule has 3 N–H and O–H groups in total. The van der Waals surface area contributed by atoms with Crippen molar-refractivity contribution >= 4 is 0 Å². The maximum atomic E-state index is 8.61. The fourth-order valence-electron chi connectivity index (χ4n) is 1.19. The lowest BCUT2D eigenvalue weighted by Gasteiger charge is -2.01. The maximum Gasteiger partial charge on any atom is 0.0993 e. The molecule has 1 unspecified atom stereocenters. The van der Waals surface area contributed by atoms with Crippen molar-refractivity contribution in [2.24, 2.45) is 5.73 Å². The second-order valence-electron chi connectivity index (χ2n) is 3.35. The van der Waals surface area contributed by atoms with Crippen LogP contribution in [0.3, 0.4) is 0 Å². The minimum atomic E-state index is -0.0124. The van der Waals surface area contributed by atoms with E-state index in [1.165, 1.54) is 0 Å². The van der Waals surface area contributed by atoms with Gasteiger partial charge < -0.3 is 10.8 Å². The summed E-state index contributed by atoms with van der Waals surface area (Å²) in [5.41, 5.74) is 6.65. The van der Waals surface area contributed by atoms with Gasteiger partial charge in [0.15, 0.2) is 0 Å². The number of nitrogens with two attached hydrogens (primary N) is 1. The van der Waals surface area contributed by atoms with Crippen molar-refractivity contribution in [3.8, 4) is 0 Å². The van der Waals surface area contributed by atoms with Crippen LogP contribution in [0.4, 0.5) is 0 Å². The Morgan fingerprint density at radius 2 is 2.36 bits per heavy atom. The number of aryl methyl sites for hydroxylation is 1. The van der Waals surface area contributed by atoms with Gasteiger partial charge in [-0.1, -0.05) is 12.1 Å². The molecule has 0 fully saturated rings. The van der Waals surface area contributed by atoms with Gasteiger partial charge in [-0.15, -0.1) is 5.10 Å². The standard InChI is InChI=1S/C9H18N4O/c1-2-8(10)9-7-13(12-11-9)5-3-4-6-14/h7-8,14H,2-6,10H2,1H3. The largest absolute Gasteiger partial charge is 0.396 e. The summed E-state index contributed by atoms with van der Waals surface area (Å²) in [6, 6.07) is -0.0124. The highest BCUT2D eigenvalue weighted by Gasteiger charge is 2.07. The second kappa shape index (κ2) is 5.72. The molecular weight excluding hydrogens is 180 g/mol. The molecule has 1 heterocycles. The molecule has 0 aliphatic rings. The first-order chi connectivity index (χ1) is 6.77. The van der Waals surface area contributed by atoms with Crippen LogP contribution >= 0.6 is 0 Å². The predicted octanol–water partition coefficient (Wildman–Crippen LogP) is 0.460. The smallest absolute Gasteiger partial charge is 0.0993 e. The Bertz CT molecular complexity index is 261. The molecule has 5 heteroatoms. The molecule has 80 valence electrons. The van der Waals surface area contributed by atoms with Crippen molar-refractivity contribution in [2.45, 2.75) is 38.8 Å². The summed E-state index contributed by atoms with van der Waals surface area (Å²) in [5.74, 6) is 0. The zero-order chi connectivity index (χ0) is 10.4. The van der Waals surface area contributed by atoms with Crippen LogP contribution in [-0.2, 0) is 6.54 Å². The third kappa shape index (κ3) is 3.08. The molecule has 0 aromatic carbocycles. The molecule has 0 radical (unpaired) electrons. The van der Waals surface area contributed by atoms with E-state index in [0.717, 1.165) is 31.5 Å². The minimum absolute atomic E-state index is 0.0124. The molecule has 14 heavy (non-hydrogen) atoms. The quantitative estimate of drug-likeness (QED) is 0.651. The summed E-state index contributed by atoms with van der Waals surface area (Å²) in [6.07, 6.45) is 4.47. The first-order valence-electron chi connectivity index (χ1n) is 5.04. The molecule has 1 atom stereocenters. The Balaban J connectivity index is 2.42. The summed E-state index contributed by atoms with van der Waals surface area (Å²) in [4.78, 5) is 0. The number of rotatable bonds is 6. The van der Waals surface area contributed by atoms with Gasteiger partial charge in [-0.05, 0) is 19.3 Å². The lowest BCUT2D eigenvalue weighted by atomic mass is 10.2. The molecule has 0 amide bonds. The van der Waals surface area contributed by atoms with Gasteiger partial charge in [0.25, 0.3) is 0 Å². The Kier molecular flexibility index (Phi) is 4.55. The first kappa shape index (κ1) is 11.1. The Morgan fingerprint density at radius 3 is 3.00 bits per heavy atom. The molecule has 1 rings (SSSR count). The van der Waals surface area contributed by atoms with Crippen LogP contribution in [0, 0.1) is 0 Å². The Hall–Kier alpha value is -0.940. The van der Waals surface area contributed by atoms with Crippen LogP contribution in [-0.4, -0.2) is 26.7 Å². The van der Waals surface area contributed by atoms with E-state index >= 15 is 0 Å². The summed E-state index contributed by atoms with van der Waals surface area (Å²) in [5, 5.41) is 16.6. The van der Waals surface area contributed by atoms with Crippen LogP contribution in [0.2, 0.25) is 0 Å². The lowest BCUT2D eigenvalue weighted by Crippen LogP contribution is -2.08. The highest BCUT2D eigenvalue weighted by molar-refractivity contribution is 4.98. The molecule has 0 spiro atoms. The molecule has 0 aliphatic carbocycles. The van der Waals surface area contributed by atoms with E-state index < -0.39 is 0 Å². The fourth-order valence-corrected chi connectivity index (χ4v) is 1.19. The van der Waals surface area contributed by atoms with Gasteiger partial charge >= 0.3 is 0 Å². The zero-order valence-electron chi connectivity index (χ0n) is 8.56. The summed E-state index contributed by atoms with van der Waals surface area (Å²) in [6.45, 7) is 3.05. The van der Waals surface area contributed by atoms with Crippen molar-refractivity contribution in [1.29, 1.82) is 0 Å². The predicted molar refractivity (Wildman–Crippen MR) is 53.6 cm³/mol. The molecule has 5 nitrogen and oxygen atoms in total. The van der Waals surface area contributed by atoms with Gasteiger partial charge in [0.2, 0.25) is 0 Å². The number of aromatic nitrogens is 3. The van der Waals surface area contributed by atoms with Gasteiger partial charge in [-0.25, -0.2) is 0 Å². The maximum absolute atomic E-state index is 8.61. The van der Waals surface area contributed by atoms with Gasteiger partial charge in [-0.2, -0.15) is 0 Å². The third-order valence-electron chi connectivity index (χ3n) is 2.17.